The molecule has 1 aromatic carbocycles. The number of hydrogen-bond acceptors (Lipinski definition) is 2. The zero-order chi connectivity index (χ0) is 9.36. The van der Waals surface area contributed by atoms with Crippen molar-refractivity contribution in [2.45, 2.75) is 0 Å². The van der Waals surface area contributed by atoms with Crippen LogP contribution in [0.2, 0.25) is 0 Å². The summed E-state index contributed by atoms with van der Waals surface area (Å²) in [5.41, 5.74) is 0. The molecule has 2 nitrogen and oxygen atoms in total. The Kier molecular flexibility index (Phi) is 5.38. The Balaban J connectivity index is 2.16. The zero-order valence-electron chi connectivity index (χ0n) is 7.00. The van der Waals surface area contributed by atoms with Crippen LogP contribution in [0.3, 0.4) is 0 Å². The van der Waals surface area contributed by atoms with E-state index >= 15 is 0 Å². The average molecular weight is 288 g/mol. The van der Waals surface area contributed by atoms with E-state index in [-0.39, 0.29) is 6.79 Å². The second-order valence-corrected chi connectivity index (χ2v) is 2.73. The van der Waals surface area contributed by atoms with Gasteiger partial charge in [-0.3, -0.25) is 0 Å². The third kappa shape index (κ3) is 4.76. The SMILES string of the molecule is IC#CCOCOc1ccccc1. The quantitative estimate of drug-likeness (QED) is 0.367. The number of halogens is 1. The maximum absolute atomic E-state index is 5.26. The summed E-state index contributed by atoms with van der Waals surface area (Å²) in [6.45, 7) is 0.658. The molecule has 0 heterocycles. The Morgan fingerprint density at radius 2 is 2.00 bits per heavy atom. The van der Waals surface area contributed by atoms with E-state index in [0.29, 0.717) is 6.61 Å². The van der Waals surface area contributed by atoms with Gasteiger partial charge in [0.15, 0.2) is 6.79 Å². The molecule has 0 saturated heterocycles. The molecular formula is C10H9IO2. The summed E-state index contributed by atoms with van der Waals surface area (Å²) in [7, 11) is 0. The highest BCUT2D eigenvalue weighted by Crippen LogP contribution is 2.07. The summed E-state index contributed by atoms with van der Waals surface area (Å²) in [6, 6.07) is 9.54. The van der Waals surface area contributed by atoms with Gasteiger partial charge in [-0.05, 0) is 16.1 Å². The number of benzene rings is 1. The molecule has 0 aliphatic rings. The van der Waals surface area contributed by atoms with Crippen LogP contribution in [0.4, 0.5) is 0 Å². The van der Waals surface area contributed by atoms with Gasteiger partial charge in [-0.1, -0.05) is 24.1 Å². The monoisotopic (exact) mass is 288 g/mol. The second-order valence-electron chi connectivity index (χ2n) is 2.19. The van der Waals surface area contributed by atoms with Crippen molar-refractivity contribution < 1.29 is 9.47 Å². The molecule has 3 heteroatoms. The van der Waals surface area contributed by atoms with Gasteiger partial charge < -0.3 is 9.47 Å². The standard InChI is InChI=1S/C10H9IO2/c11-7-4-8-12-9-13-10-5-2-1-3-6-10/h1-3,5-6H,8-9H2. The lowest BCUT2D eigenvalue weighted by Gasteiger charge is -2.03. The summed E-state index contributed by atoms with van der Waals surface area (Å²) in [6.07, 6.45) is 0. The highest BCUT2D eigenvalue weighted by molar-refractivity contribution is 14.1. The van der Waals surface area contributed by atoms with Gasteiger partial charge in [0.2, 0.25) is 0 Å². The summed E-state index contributed by atoms with van der Waals surface area (Å²) in [5.74, 6) is 3.58. The summed E-state index contributed by atoms with van der Waals surface area (Å²) in [4.78, 5) is 0. The van der Waals surface area contributed by atoms with Gasteiger partial charge in [-0.2, -0.15) is 0 Å². The summed E-state index contributed by atoms with van der Waals surface area (Å²) < 4.78 is 13.0. The first-order valence-electron chi connectivity index (χ1n) is 3.77. The predicted molar refractivity (Wildman–Crippen MR) is 59.7 cm³/mol. The molecule has 0 spiro atoms. The Hall–Kier alpha value is -0.730. The lowest BCUT2D eigenvalue weighted by molar-refractivity contribution is 0.0333. The lowest BCUT2D eigenvalue weighted by atomic mass is 10.3. The van der Waals surface area contributed by atoms with Crippen LogP contribution in [0.5, 0.6) is 5.75 Å². The van der Waals surface area contributed by atoms with Gasteiger partial charge in [-0.15, -0.1) is 0 Å². The number of ether oxygens (including phenoxy) is 2. The molecule has 0 aromatic heterocycles. The maximum Gasteiger partial charge on any atom is 0.190 e. The van der Waals surface area contributed by atoms with Crippen LogP contribution in [-0.2, 0) is 4.74 Å². The van der Waals surface area contributed by atoms with Crippen LogP contribution >= 0.6 is 22.6 Å². The molecular weight excluding hydrogens is 279 g/mol. The third-order valence-corrected chi connectivity index (χ3v) is 1.67. The van der Waals surface area contributed by atoms with Gasteiger partial charge in [0, 0.05) is 22.6 Å². The van der Waals surface area contributed by atoms with Crippen molar-refractivity contribution in [2.75, 3.05) is 13.4 Å². The minimum absolute atomic E-state index is 0.245. The van der Waals surface area contributed by atoms with E-state index in [1.54, 1.807) is 0 Å². The fourth-order valence-electron chi connectivity index (χ4n) is 0.746. The highest BCUT2D eigenvalue weighted by atomic mass is 127. The second kappa shape index (κ2) is 6.75. The van der Waals surface area contributed by atoms with Gasteiger partial charge in [0.25, 0.3) is 0 Å². The lowest BCUT2D eigenvalue weighted by Crippen LogP contribution is -2.02. The zero-order valence-corrected chi connectivity index (χ0v) is 9.15. The molecule has 0 bridgehead atoms. The van der Waals surface area contributed by atoms with E-state index in [1.165, 1.54) is 0 Å². The van der Waals surface area contributed by atoms with Crippen molar-refractivity contribution >= 4 is 22.6 Å². The Morgan fingerprint density at radius 1 is 1.23 bits per heavy atom. The van der Waals surface area contributed by atoms with Crippen molar-refractivity contribution in [3.05, 3.63) is 30.3 Å². The molecule has 0 aliphatic carbocycles. The van der Waals surface area contributed by atoms with E-state index in [2.05, 4.69) is 9.85 Å². The molecule has 13 heavy (non-hydrogen) atoms. The van der Waals surface area contributed by atoms with Crippen molar-refractivity contribution in [1.82, 2.24) is 0 Å². The Morgan fingerprint density at radius 3 is 2.69 bits per heavy atom. The molecule has 0 radical (unpaired) electrons. The van der Waals surface area contributed by atoms with E-state index in [4.69, 9.17) is 9.47 Å². The third-order valence-electron chi connectivity index (χ3n) is 1.29. The smallest absolute Gasteiger partial charge is 0.190 e. The number of rotatable bonds is 4. The molecule has 1 rings (SSSR count). The summed E-state index contributed by atoms with van der Waals surface area (Å²) in [5, 5.41) is 0. The first kappa shape index (κ1) is 10.4. The van der Waals surface area contributed by atoms with Gasteiger partial charge in [-0.25, -0.2) is 0 Å². The van der Waals surface area contributed by atoms with Crippen LogP contribution in [-0.4, -0.2) is 13.4 Å². The van der Waals surface area contributed by atoms with E-state index in [0.717, 1.165) is 5.75 Å². The average Bonchev–Trinajstić information content (AvgIpc) is 2.19. The van der Waals surface area contributed by atoms with Gasteiger partial charge in [0.1, 0.15) is 12.4 Å². The normalized spacial score (nSPS) is 8.69. The van der Waals surface area contributed by atoms with Crippen LogP contribution in [0.1, 0.15) is 0 Å². The minimum atomic E-state index is 0.245. The van der Waals surface area contributed by atoms with Crippen LogP contribution in [0.15, 0.2) is 30.3 Å². The highest BCUT2D eigenvalue weighted by Gasteiger charge is 1.88. The molecule has 0 atom stereocenters. The fraction of sp³-hybridized carbons (Fsp3) is 0.200. The minimum Gasteiger partial charge on any atom is -0.468 e. The van der Waals surface area contributed by atoms with Gasteiger partial charge in [0.05, 0.1) is 0 Å². The Bertz CT molecular complexity index is 287. The molecule has 0 N–H and O–H groups in total. The molecule has 0 amide bonds. The number of hydrogen-bond donors (Lipinski definition) is 0. The topological polar surface area (TPSA) is 18.5 Å². The van der Waals surface area contributed by atoms with E-state index in [9.17, 15) is 0 Å². The largest absolute Gasteiger partial charge is 0.468 e. The first-order valence-corrected chi connectivity index (χ1v) is 4.85. The predicted octanol–water partition coefficient (Wildman–Crippen LogP) is 2.44. The molecule has 0 saturated carbocycles. The Labute approximate surface area is 91.4 Å². The number of para-hydroxylation sites is 1. The molecule has 0 aliphatic heterocycles. The first-order chi connectivity index (χ1) is 6.43. The summed E-state index contributed by atoms with van der Waals surface area (Å²) >= 11 is 1.97. The van der Waals surface area contributed by atoms with Crippen molar-refractivity contribution in [1.29, 1.82) is 0 Å². The molecule has 68 valence electrons. The van der Waals surface area contributed by atoms with E-state index < -0.39 is 0 Å². The van der Waals surface area contributed by atoms with Gasteiger partial charge >= 0.3 is 0 Å². The van der Waals surface area contributed by atoms with Crippen LogP contribution < -0.4 is 4.74 Å². The molecule has 0 unspecified atom stereocenters. The van der Waals surface area contributed by atoms with E-state index in [1.807, 2.05) is 52.9 Å². The maximum atomic E-state index is 5.26. The fourth-order valence-corrected chi connectivity index (χ4v) is 0.902. The van der Waals surface area contributed by atoms with Crippen LogP contribution in [0, 0.1) is 9.85 Å². The molecule has 0 fully saturated rings. The molecule has 1 aromatic rings. The van der Waals surface area contributed by atoms with Crippen molar-refractivity contribution in [3.63, 3.8) is 0 Å². The van der Waals surface area contributed by atoms with Crippen molar-refractivity contribution in [2.24, 2.45) is 0 Å². The van der Waals surface area contributed by atoms with Crippen molar-refractivity contribution in [3.8, 4) is 15.6 Å². The van der Waals surface area contributed by atoms with Crippen LogP contribution in [0.25, 0.3) is 0 Å².